The molecular weight excluding hydrogens is 271 g/mol. The number of nitrogens with zero attached hydrogens (tertiary/aromatic N) is 1. The molecule has 0 saturated heterocycles. The van der Waals surface area contributed by atoms with E-state index >= 15 is 0 Å². The van der Waals surface area contributed by atoms with Gasteiger partial charge in [-0.3, -0.25) is 10.1 Å². The lowest BCUT2D eigenvalue weighted by Gasteiger charge is -2.00. The van der Waals surface area contributed by atoms with Crippen LogP contribution in [0.5, 0.6) is 0 Å². The first kappa shape index (κ1) is 13.6. The fourth-order valence-corrected chi connectivity index (χ4v) is 1.53. The van der Waals surface area contributed by atoms with Gasteiger partial charge in [-0.1, -0.05) is 30.0 Å². The summed E-state index contributed by atoms with van der Waals surface area (Å²) in [5.74, 6) is 0.00848. The van der Waals surface area contributed by atoms with Crippen molar-refractivity contribution in [3.05, 3.63) is 75.1 Å². The van der Waals surface area contributed by atoms with Crippen molar-refractivity contribution in [2.45, 2.75) is 0 Å². The van der Waals surface area contributed by atoms with E-state index in [4.69, 9.17) is 0 Å². The molecule has 3 nitrogen and oxygen atoms in total. The van der Waals surface area contributed by atoms with Crippen LogP contribution in [0.15, 0.2) is 36.4 Å². The van der Waals surface area contributed by atoms with Crippen molar-refractivity contribution < 1.29 is 18.1 Å². The molecule has 6 heteroatoms. The average Bonchev–Trinajstić information content (AvgIpc) is 2.41. The summed E-state index contributed by atoms with van der Waals surface area (Å²) in [6.07, 6.45) is 0. The molecule has 0 radical (unpaired) electrons. The van der Waals surface area contributed by atoms with Gasteiger partial charge in [0, 0.05) is 11.6 Å². The number of hydrogen-bond donors (Lipinski definition) is 0. The van der Waals surface area contributed by atoms with Crippen molar-refractivity contribution in [3.63, 3.8) is 0 Å². The third-order valence-corrected chi connectivity index (χ3v) is 2.43. The Morgan fingerprint density at radius 3 is 2.25 bits per heavy atom. The highest BCUT2D eigenvalue weighted by Crippen LogP contribution is 2.26. The molecule has 0 aromatic heterocycles. The molecule has 2 aromatic rings. The highest BCUT2D eigenvalue weighted by Gasteiger charge is 2.26. The molecule has 0 N–H and O–H groups in total. The van der Waals surface area contributed by atoms with Crippen LogP contribution in [0.3, 0.4) is 0 Å². The zero-order valence-corrected chi connectivity index (χ0v) is 9.86. The minimum atomic E-state index is -1.54. The molecule has 0 spiro atoms. The Bertz CT molecular complexity index is 734. The van der Waals surface area contributed by atoms with Crippen molar-refractivity contribution in [1.82, 2.24) is 0 Å². The second-order valence-corrected chi connectivity index (χ2v) is 3.75. The predicted octanol–water partition coefficient (Wildman–Crippen LogP) is 3.41. The molecule has 2 aromatic carbocycles. The maximum Gasteiger partial charge on any atom is 0.323 e. The lowest BCUT2D eigenvalue weighted by molar-refractivity contribution is -0.388. The van der Waals surface area contributed by atoms with Crippen LogP contribution in [0.25, 0.3) is 0 Å². The summed E-state index contributed by atoms with van der Waals surface area (Å²) in [5.41, 5.74) is -1.64. The number of halogens is 3. The molecule has 100 valence electrons. The Balaban J connectivity index is 2.62. The van der Waals surface area contributed by atoms with Crippen LogP contribution in [0.1, 0.15) is 11.1 Å². The summed E-state index contributed by atoms with van der Waals surface area (Å²) in [6.45, 7) is 0. The van der Waals surface area contributed by atoms with Crippen LogP contribution >= 0.6 is 0 Å². The Hall–Kier alpha value is -2.81. The number of rotatable bonds is 1. The summed E-state index contributed by atoms with van der Waals surface area (Å²) >= 11 is 0. The molecule has 0 atom stereocenters. The summed E-state index contributed by atoms with van der Waals surface area (Å²) in [6, 6.07) is 8.30. The second-order valence-electron chi connectivity index (χ2n) is 3.75. The molecule has 2 rings (SSSR count). The summed E-state index contributed by atoms with van der Waals surface area (Å²) in [4.78, 5) is 9.59. The van der Waals surface area contributed by atoms with Gasteiger partial charge in [0.15, 0.2) is 11.6 Å². The van der Waals surface area contributed by atoms with Gasteiger partial charge in [-0.05, 0) is 12.1 Å². The lowest BCUT2D eigenvalue weighted by Crippen LogP contribution is -2.02. The third kappa shape index (κ3) is 2.62. The molecule has 0 unspecified atom stereocenters. The molecule has 20 heavy (non-hydrogen) atoms. The predicted molar refractivity (Wildman–Crippen MR) is 65.4 cm³/mol. The van der Waals surface area contributed by atoms with Gasteiger partial charge in [-0.15, -0.1) is 0 Å². The van der Waals surface area contributed by atoms with Crippen LogP contribution in [0, 0.1) is 39.4 Å². The Morgan fingerprint density at radius 2 is 1.65 bits per heavy atom. The van der Waals surface area contributed by atoms with E-state index in [1.54, 1.807) is 30.3 Å². The molecular formula is C14H6F3NO2. The van der Waals surface area contributed by atoms with Gasteiger partial charge in [0.2, 0.25) is 5.82 Å². The quantitative estimate of drug-likeness (QED) is 0.347. The minimum absolute atomic E-state index is 0.126. The van der Waals surface area contributed by atoms with Gasteiger partial charge in [0.05, 0.1) is 4.92 Å². The van der Waals surface area contributed by atoms with E-state index in [9.17, 15) is 23.3 Å². The maximum absolute atomic E-state index is 13.6. The highest BCUT2D eigenvalue weighted by atomic mass is 19.2. The minimum Gasteiger partial charge on any atom is -0.258 e. The summed E-state index contributed by atoms with van der Waals surface area (Å²) < 4.78 is 40.0. The van der Waals surface area contributed by atoms with Crippen molar-refractivity contribution in [1.29, 1.82) is 0 Å². The zero-order valence-electron chi connectivity index (χ0n) is 9.86. The normalized spacial score (nSPS) is 9.75. The Kier molecular flexibility index (Phi) is 3.71. The monoisotopic (exact) mass is 277 g/mol. The first-order chi connectivity index (χ1) is 9.50. The van der Waals surface area contributed by atoms with Gasteiger partial charge in [0.1, 0.15) is 5.56 Å². The van der Waals surface area contributed by atoms with Crippen molar-refractivity contribution in [2.24, 2.45) is 0 Å². The molecule has 0 fully saturated rings. The van der Waals surface area contributed by atoms with Gasteiger partial charge in [-0.2, -0.15) is 4.39 Å². The molecule has 0 saturated carbocycles. The summed E-state index contributed by atoms with van der Waals surface area (Å²) in [7, 11) is 0. The van der Waals surface area contributed by atoms with Crippen LogP contribution < -0.4 is 0 Å². The van der Waals surface area contributed by atoms with Gasteiger partial charge < -0.3 is 0 Å². The van der Waals surface area contributed by atoms with E-state index in [2.05, 4.69) is 11.8 Å². The second kappa shape index (κ2) is 5.45. The van der Waals surface area contributed by atoms with E-state index in [1.807, 2.05) is 0 Å². The topological polar surface area (TPSA) is 43.1 Å². The smallest absolute Gasteiger partial charge is 0.258 e. The standard InChI is InChI=1S/C14H6F3NO2/c15-11-8-12(16)14(18(19)20)10(13(11)17)7-6-9-4-2-1-3-5-9/h1-5,8H. The van der Waals surface area contributed by atoms with Crippen LogP contribution in [0.2, 0.25) is 0 Å². The molecule has 0 aliphatic rings. The largest absolute Gasteiger partial charge is 0.323 e. The fourth-order valence-electron chi connectivity index (χ4n) is 1.53. The average molecular weight is 277 g/mol. The van der Waals surface area contributed by atoms with Crippen molar-refractivity contribution in [2.75, 3.05) is 0 Å². The lowest BCUT2D eigenvalue weighted by atomic mass is 10.1. The molecule has 0 amide bonds. The van der Waals surface area contributed by atoms with E-state index in [1.165, 1.54) is 0 Å². The highest BCUT2D eigenvalue weighted by molar-refractivity contribution is 5.55. The van der Waals surface area contributed by atoms with E-state index < -0.39 is 33.6 Å². The van der Waals surface area contributed by atoms with E-state index in [-0.39, 0.29) is 6.07 Å². The molecule has 0 heterocycles. The van der Waals surface area contributed by atoms with Crippen molar-refractivity contribution >= 4 is 5.69 Å². The first-order valence-electron chi connectivity index (χ1n) is 5.39. The molecule has 0 aliphatic carbocycles. The molecule has 0 aliphatic heterocycles. The van der Waals surface area contributed by atoms with Crippen LogP contribution in [-0.2, 0) is 0 Å². The van der Waals surface area contributed by atoms with Gasteiger partial charge >= 0.3 is 5.69 Å². The van der Waals surface area contributed by atoms with E-state index in [0.29, 0.717) is 5.56 Å². The van der Waals surface area contributed by atoms with Crippen LogP contribution in [0.4, 0.5) is 18.9 Å². The van der Waals surface area contributed by atoms with Crippen molar-refractivity contribution in [3.8, 4) is 11.8 Å². The Labute approximate surface area is 111 Å². The molecule has 0 bridgehead atoms. The number of nitro benzene ring substituents is 1. The SMILES string of the molecule is O=[N+]([O-])c1c(F)cc(F)c(F)c1C#Cc1ccccc1. The zero-order chi connectivity index (χ0) is 14.7. The number of nitro groups is 1. The Morgan fingerprint density at radius 1 is 1.00 bits per heavy atom. The van der Waals surface area contributed by atoms with Gasteiger partial charge in [0.25, 0.3) is 0 Å². The number of hydrogen-bond acceptors (Lipinski definition) is 2. The third-order valence-electron chi connectivity index (χ3n) is 2.43. The number of benzene rings is 2. The first-order valence-corrected chi connectivity index (χ1v) is 5.39. The summed E-state index contributed by atoms with van der Waals surface area (Å²) in [5, 5.41) is 10.7. The van der Waals surface area contributed by atoms with Crippen LogP contribution in [-0.4, -0.2) is 4.92 Å². The maximum atomic E-state index is 13.6. The van der Waals surface area contributed by atoms with Gasteiger partial charge in [-0.25, -0.2) is 8.78 Å². The van der Waals surface area contributed by atoms with E-state index in [0.717, 1.165) is 0 Å². The fraction of sp³-hybridized carbons (Fsp3) is 0.